The van der Waals surface area contributed by atoms with Crippen molar-refractivity contribution in [3.8, 4) is 5.75 Å². The predicted octanol–water partition coefficient (Wildman–Crippen LogP) is 0.546. The number of aromatic amines is 2. The predicted molar refractivity (Wildman–Crippen MR) is 66.8 cm³/mol. The van der Waals surface area contributed by atoms with Gasteiger partial charge in [0.05, 0.1) is 12.7 Å². The van der Waals surface area contributed by atoms with E-state index in [-0.39, 0.29) is 11.5 Å². The fraction of sp³-hybridized carbons (Fsp3) is 0.0909. The molecule has 2 aromatic rings. The van der Waals surface area contributed by atoms with Crippen molar-refractivity contribution in [1.29, 1.82) is 0 Å². The molecule has 1 aromatic carbocycles. The Labute approximate surface area is 102 Å². The van der Waals surface area contributed by atoms with E-state index in [0.29, 0.717) is 11.3 Å². The summed E-state index contributed by atoms with van der Waals surface area (Å²) in [6, 6.07) is 6.68. The summed E-state index contributed by atoms with van der Waals surface area (Å²) in [6.07, 6.45) is 0. The van der Waals surface area contributed by atoms with Crippen molar-refractivity contribution in [3.05, 3.63) is 40.2 Å². The van der Waals surface area contributed by atoms with E-state index in [1.165, 1.54) is 7.11 Å². The molecular formula is C11H12N4O3. The number of nitrogen functional groups attached to an aromatic ring is 1. The molecule has 7 heteroatoms. The summed E-state index contributed by atoms with van der Waals surface area (Å²) in [5.41, 5.74) is 5.33. The van der Waals surface area contributed by atoms with Gasteiger partial charge in [0.2, 0.25) is 0 Å². The average molecular weight is 248 g/mol. The highest BCUT2D eigenvalue weighted by molar-refractivity contribution is 6.07. The van der Waals surface area contributed by atoms with Crippen LogP contribution in [0.1, 0.15) is 10.4 Å². The second-order valence-electron chi connectivity index (χ2n) is 3.52. The normalized spacial score (nSPS) is 10.1. The lowest BCUT2D eigenvalue weighted by molar-refractivity contribution is 0.102. The Balaban J connectivity index is 2.31. The maximum Gasteiger partial charge on any atom is 0.289 e. The smallest absolute Gasteiger partial charge is 0.289 e. The molecule has 0 bridgehead atoms. The number of para-hydroxylation sites is 1. The highest BCUT2D eigenvalue weighted by atomic mass is 16.5. The van der Waals surface area contributed by atoms with Crippen LogP contribution in [0.4, 0.5) is 11.5 Å². The third-order valence-corrected chi connectivity index (χ3v) is 2.40. The topological polar surface area (TPSA) is 113 Å². The molecule has 0 unspecified atom stereocenters. The molecule has 0 aliphatic heterocycles. The SMILES string of the molecule is COc1ccccc1C(=O)Nc1c(N)[nH][nH]c1=O. The number of methoxy groups -OCH3 is 1. The maximum absolute atomic E-state index is 12.0. The minimum absolute atomic E-state index is 0.00842. The number of ether oxygens (including phenoxy) is 1. The molecule has 1 heterocycles. The van der Waals surface area contributed by atoms with Gasteiger partial charge in [0.15, 0.2) is 5.69 Å². The Bertz CT molecular complexity index is 629. The molecule has 94 valence electrons. The zero-order chi connectivity index (χ0) is 13.1. The molecule has 18 heavy (non-hydrogen) atoms. The van der Waals surface area contributed by atoms with Gasteiger partial charge in [-0.3, -0.25) is 19.8 Å². The maximum atomic E-state index is 12.0. The third kappa shape index (κ3) is 2.05. The number of carbonyl (C=O) groups is 1. The van der Waals surface area contributed by atoms with E-state index < -0.39 is 11.5 Å². The van der Waals surface area contributed by atoms with Crippen LogP contribution in [0, 0.1) is 0 Å². The van der Waals surface area contributed by atoms with Gasteiger partial charge in [-0.05, 0) is 12.1 Å². The van der Waals surface area contributed by atoms with Crippen LogP contribution in [0.3, 0.4) is 0 Å². The summed E-state index contributed by atoms with van der Waals surface area (Å²) in [5.74, 6) is 0.0213. The van der Waals surface area contributed by atoms with Gasteiger partial charge in [0.25, 0.3) is 11.5 Å². The van der Waals surface area contributed by atoms with Crippen LogP contribution in [0.25, 0.3) is 0 Å². The lowest BCUT2D eigenvalue weighted by Crippen LogP contribution is -2.18. The van der Waals surface area contributed by atoms with Crippen LogP contribution in [0.15, 0.2) is 29.1 Å². The summed E-state index contributed by atoms with van der Waals surface area (Å²) in [6.45, 7) is 0. The van der Waals surface area contributed by atoms with Gasteiger partial charge in [-0.1, -0.05) is 12.1 Å². The van der Waals surface area contributed by atoms with Crippen LogP contribution in [-0.4, -0.2) is 23.2 Å². The van der Waals surface area contributed by atoms with Crippen molar-refractivity contribution in [3.63, 3.8) is 0 Å². The number of amides is 1. The molecular weight excluding hydrogens is 236 g/mol. The number of hydrogen-bond donors (Lipinski definition) is 4. The van der Waals surface area contributed by atoms with Crippen molar-refractivity contribution in [2.75, 3.05) is 18.2 Å². The minimum Gasteiger partial charge on any atom is -0.496 e. The van der Waals surface area contributed by atoms with Crippen LogP contribution >= 0.6 is 0 Å². The molecule has 1 aromatic heterocycles. The summed E-state index contributed by atoms with van der Waals surface area (Å²) >= 11 is 0. The van der Waals surface area contributed by atoms with Crippen LogP contribution in [0.2, 0.25) is 0 Å². The zero-order valence-corrected chi connectivity index (χ0v) is 9.61. The molecule has 5 N–H and O–H groups in total. The standard InChI is InChI=1S/C11H12N4O3/c1-18-7-5-3-2-4-6(7)10(16)13-8-9(12)14-15-11(8)17/h2-5H,1H3,(H,13,16)(H4,12,14,15,17). The lowest BCUT2D eigenvalue weighted by atomic mass is 10.2. The molecule has 0 atom stereocenters. The van der Waals surface area contributed by atoms with E-state index in [4.69, 9.17) is 10.5 Å². The Morgan fingerprint density at radius 1 is 1.33 bits per heavy atom. The van der Waals surface area contributed by atoms with E-state index in [1.807, 2.05) is 0 Å². The average Bonchev–Trinajstić information content (AvgIpc) is 2.70. The number of benzene rings is 1. The van der Waals surface area contributed by atoms with E-state index in [2.05, 4.69) is 15.5 Å². The minimum atomic E-state index is -0.490. The number of nitrogens with one attached hydrogen (secondary N) is 3. The summed E-state index contributed by atoms with van der Waals surface area (Å²) in [5, 5.41) is 7.12. The monoisotopic (exact) mass is 248 g/mol. The number of carbonyl (C=O) groups excluding carboxylic acids is 1. The quantitative estimate of drug-likeness (QED) is 0.635. The van der Waals surface area contributed by atoms with Gasteiger partial charge < -0.3 is 15.8 Å². The summed E-state index contributed by atoms with van der Waals surface area (Å²) in [4.78, 5) is 23.3. The number of hydrogen-bond acceptors (Lipinski definition) is 4. The molecule has 0 aliphatic rings. The molecule has 7 nitrogen and oxygen atoms in total. The summed E-state index contributed by atoms with van der Waals surface area (Å²) < 4.78 is 5.06. The van der Waals surface area contributed by atoms with Crippen molar-refractivity contribution >= 4 is 17.4 Å². The Morgan fingerprint density at radius 3 is 2.67 bits per heavy atom. The van der Waals surface area contributed by atoms with Gasteiger partial charge in [-0.15, -0.1) is 0 Å². The van der Waals surface area contributed by atoms with E-state index in [0.717, 1.165) is 0 Å². The zero-order valence-electron chi connectivity index (χ0n) is 9.61. The number of aromatic nitrogens is 2. The van der Waals surface area contributed by atoms with Crippen molar-refractivity contribution in [2.45, 2.75) is 0 Å². The van der Waals surface area contributed by atoms with Gasteiger partial charge in [-0.25, -0.2) is 0 Å². The van der Waals surface area contributed by atoms with E-state index in [9.17, 15) is 9.59 Å². The van der Waals surface area contributed by atoms with Crippen molar-refractivity contribution in [2.24, 2.45) is 0 Å². The fourth-order valence-electron chi connectivity index (χ4n) is 1.51. The first-order chi connectivity index (χ1) is 8.63. The molecule has 2 rings (SSSR count). The first kappa shape index (κ1) is 11.8. The first-order valence-electron chi connectivity index (χ1n) is 5.14. The number of nitrogens with two attached hydrogens (primary N) is 1. The van der Waals surface area contributed by atoms with Crippen molar-refractivity contribution < 1.29 is 9.53 Å². The Hall–Kier alpha value is -2.70. The van der Waals surface area contributed by atoms with Gasteiger partial charge in [0.1, 0.15) is 11.6 Å². The molecule has 0 saturated carbocycles. The van der Waals surface area contributed by atoms with E-state index >= 15 is 0 Å². The first-order valence-corrected chi connectivity index (χ1v) is 5.14. The molecule has 0 fully saturated rings. The van der Waals surface area contributed by atoms with Crippen molar-refractivity contribution in [1.82, 2.24) is 10.2 Å². The van der Waals surface area contributed by atoms with Crippen LogP contribution < -0.4 is 21.3 Å². The lowest BCUT2D eigenvalue weighted by Gasteiger charge is -2.07. The van der Waals surface area contributed by atoms with E-state index in [1.54, 1.807) is 24.3 Å². The Kier molecular flexibility index (Phi) is 3.05. The molecule has 0 aliphatic carbocycles. The molecule has 0 radical (unpaired) electrons. The fourth-order valence-corrected chi connectivity index (χ4v) is 1.51. The van der Waals surface area contributed by atoms with Gasteiger partial charge in [0, 0.05) is 0 Å². The third-order valence-electron chi connectivity index (χ3n) is 2.40. The molecule has 0 saturated heterocycles. The van der Waals surface area contributed by atoms with Crippen LogP contribution in [0.5, 0.6) is 5.75 Å². The number of anilines is 2. The highest BCUT2D eigenvalue weighted by Gasteiger charge is 2.15. The Morgan fingerprint density at radius 2 is 2.06 bits per heavy atom. The number of H-pyrrole nitrogens is 2. The van der Waals surface area contributed by atoms with Gasteiger partial charge in [-0.2, -0.15) is 0 Å². The van der Waals surface area contributed by atoms with Crippen LogP contribution in [-0.2, 0) is 0 Å². The number of rotatable bonds is 3. The largest absolute Gasteiger partial charge is 0.496 e. The van der Waals surface area contributed by atoms with Gasteiger partial charge >= 0.3 is 0 Å². The molecule has 1 amide bonds. The highest BCUT2D eigenvalue weighted by Crippen LogP contribution is 2.19. The molecule has 0 spiro atoms. The summed E-state index contributed by atoms with van der Waals surface area (Å²) in [7, 11) is 1.46. The second-order valence-corrected chi connectivity index (χ2v) is 3.52. The second kappa shape index (κ2) is 4.66.